The van der Waals surface area contributed by atoms with Crippen molar-refractivity contribution in [2.45, 2.75) is 31.6 Å². The minimum Gasteiger partial charge on any atom is -0.326 e. The number of aromatic nitrogens is 2. The van der Waals surface area contributed by atoms with Gasteiger partial charge in [0.2, 0.25) is 5.91 Å². The molecule has 0 aliphatic rings. The molecule has 8 heteroatoms. The number of hydrogen-bond donors (Lipinski definition) is 2. The first kappa shape index (κ1) is 19.8. The highest BCUT2D eigenvalue weighted by Gasteiger charge is 2.17. The van der Waals surface area contributed by atoms with Crippen molar-refractivity contribution in [1.82, 2.24) is 9.97 Å². The van der Waals surface area contributed by atoms with E-state index in [0.29, 0.717) is 16.7 Å². The Labute approximate surface area is 164 Å². The molecule has 2 N–H and O–H groups in total. The summed E-state index contributed by atoms with van der Waals surface area (Å²) >= 11 is 0. The number of carbonyl (C=O) groups is 1. The van der Waals surface area contributed by atoms with Crippen LogP contribution in [0.2, 0.25) is 0 Å². The number of anilines is 2. The molecule has 0 radical (unpaired) electrons. The number of amides is 1. The first-order valence-electron chi connectivity index (χ1n) is 9.08. The van der Waals surface area contributed by atoms with Gasteiger partial charge in [0.15, 0.2) is 5.82 Å². The van der Waals surface area contributed by atoms with E-state index in [-0.39, 0.29) is 22.5 Å². The zero-order valence-electron chi connectivity index (χ0n) is 15.7. The van der Waals surface area contributed by atoms with Crippen LogP contribution < -0.4 is 10.0 Å². The molecule has 7 nitrogen and oxygen atoms in total. The van der Waals surface area contributed by atoms with Gasteiger partial charge in [0.1, 0.15) is 0 Å². The molecule has 3 rings (SSSR count). The molecule has 0 saturated heterocycles. The van der Waals surface area contributed by atoms with Crippen LogP contribution in [0.3, 0.4) is 0 Å². The SMILES string of the molecule is CCC(CC)C(=O)Nc1ccc(S(=O)(=O)Nc2cnc3ccccc3n2)cc1. The Balaban J connectivity index is 1.75. The number of nitrogens with zero attached hydrogens (tertiary/aromatic N) is 2. The monoisotopic (exact) mass is 398 g/mol. The molecule has 1 aromatic heterocycles. The Bertz CT molecular complexity index is 1080. The Morgan fingerprint density at radius 3 is 2.29 bits per heavy atom. The highest BCUT2D eigenvalue weighted by atomic mass is 32.2. The van der Waals surface area contributed by atoms with E-state index in [2.05, 4.69) is 20.0 Å². The van der Waals surface area contributed by atoms with Gasteiger partial charge in [-0.05, 0) is 49.2 Å². The Morgan fingerprint density at radius 1 is 1.00 bits per heavy atom. The molecular formula is C20H22N4O3S. The van der Waals surface area contributed by atoms with Gasteiger partial charge in [0.05, 0.1) is 22.1 Å². The second-order valence-electron chi connectivity index (χ2n) is 6.38. The van der Waals surface area contributed by atoms with Crippen LogP contribution in [-0.2, 0) is 14.8 Å². The van der Waals surface area contributed by atoms with Gasteiger partial charge >= 0.3 is 0 Å². The van der Waals surface area contributed by atoms with Gasteiger partial charge in [-0.2, -0.15) is 0 Å². The minimum absolute atomic E-state index is 0.0587. The summed E-state index contributed by atoms with van der Waals surface area (Å²) in [6.45, 7) is 3.93. The molecule has 0 fully saturated rings. The maximum atomic E-state index is 12.6. The Kier molecular flexibility index (Phi) is 5.89. The van der Waals surface area contributed by atoms with Gasteiger partial charge in [-0.25, -0.2) is 13.4 Å². The van der Waals surface area contributed by atoms with Gasteiger partial charge in [0.25, 0.3) is 10.0 Å². The van der Waals surface area contributed by atoms with Crippen LogP contribution in [0.25, 0.3) is 11.0 Å². The highest BCUT2D eigenvalue weighted by Crippen LogP contribution is 2.19. The van der Waals surface area contributed by atoms with E-state index in [1.54, 1.807) is 24.3 Å². The zero-order chi connectivity index (χ0) is 20.1. The fourth-order valence-electron chi connectivity index (χ4n) is 2.82. The summed E-state index contributed by atoms with van der Waals surface area (Å²) in [5.74, 6) is 0.0199. The van der Waals surface area contributed by atoms with E-state index < -0.39 is 10.0 Å². The summed E-state index contributed by atoms with van der Waals surface area (Å²) in [5, 5.41) is 2.82. The number of sulfonamides is 1. The van der Waals surface area contributed by atoms with Crippen molar-refractivity contribution in [1.29, 1.82) is 0 Å². The van der Waals surface area contributed by atoms with E-state index in [4.69, 9.17) is 0 Å². The molecule has 0 unspecified atom stereocenters. The van der Waals surface area contributed by atoms with Crippen LogP contribution in [0.15, 0.2) is 59.6 Å². The minimum atomic E-state index is -3.82. The number of rotatable bonds is 7. The first-order chi connectivity index (χ1) is 13.4. The summed E-state index contributed by atoms with van der Waals surface area (Å²) in [4.78, 5) is 20.7. The van der Waals surface area contributed by atoms with Crippen molar-refractivity contribution in [2.24, 2.45) is 5.92 Å². The van der Waals surface area contributed by atoms with Crippen molar-refractivity contribution in [3.05, 3.63) is 54.7 Å². The van der Waals surface area contributed by atoms with Crippen molar-refractivity contribution in [3.63, 3.8) is 0 Å². The molecule has 0 spiro atoms. The fourth-order valence-corrected chi connectivity index (χ4v) is 3.81. The Hall–Kier alpha value is -3.00. The molecule has 0 aliphatic carbocycles. The van der Waals surface area contributed by atoms with Gasteiger partial charge in [-0.3, -0.25) is 14.5 Å². The number of fused-ring (bicyclic) bond motifs is 1. The average Bonchev–Trinajstić information content (AvgIpc) is 2.69. The Morgan fingerprint density at radius 2 is 1.64 bits per heavy atom. The molecule has 1 amide bonds. The number of benzene rings is 2. The lowest BCUT2D eigenvalue weighted by atomic mass is 10.0. The molecule has 1 heterocycles. The lowest BCUT2D eigenvalue weighted by Gasteiger charge is -2.13. The zero-order valence-corrected chi connectivity index (χ0v) is 16.5. The van der Waals surface area contributed by atoms with Gasteiger partial charge in [0, 0.05) is 11.6 Å². The average molecular weight is 398 g/mol. The smallest absolute Gasteiger partial charge is 0.263 e. The number of carbonyl (C=O) groups excluding carboxylic acids is 1. The van der Waals surface area contributed by atoms with Crippen molar-refractivity contribution in [3.8, 4) is 0 Å². The molecule has 0 aliphatic heterocycles. The molecule has 0 saturated carbocycles. The van der Waals surface area contributed by atoms with Crippen LogP contribution >= 0.6 is 0 Å². The first-order valence-corrected chi connectivity index (χ1v) is 10.6. The second-order valence-corrected chi connectivity index (χ2v) is 8.06. The third-order valence-electron chi connectivity index (χ3n) is 4.48. The number of nitrogens with one attached hydrogen (secondary N) is 2. The molecule has 0 atom stereocenters. The summed E-state index contributed by atoms with van der Waals surface area (Å²) in [6.07, 6.45) is 2.89. The molecule has 146 valence electrons. The van der Waals surface area contributed by atoms with E-state index in [1.807, 2.05) is 26.0 Å². The standard InChI is InChI=1S/C20H22N4O3S/c1-3-14(4-2)20(25)22-15-9-11-16(12-10-15)28(26,27)24-19-13-21-17-7-5-6-8-18(17)23-19/h5-14H,3-4H2,1-2H3,(H,22,25)(H,23,24). The summed E-state index contributed by atoms with van der Waals surface area (Å²) < 4.78 is 27.6. The molecular weight excluding hydrogens is 376 g/mol. The molecule has 2 aromatic carbocycles. The topological polar surface area (TPSA) is 101 Å². The van der Waals surface area contributed by atoms with Gasteiger partial charge in [-0.15, -0.1) is 0 Å². The summed E-state index contributed by atoms with van der Waals surface area (Å²) in [5.41, 5.74) is 1.84. The van der Waals surface area contributed by atoms with E-state index >= 15 is 0 Å². The number of para-hydroxylation sites is 2. The summed E-state index contributed by atoms with van der Waals surface area (Å²) in [7, 11) is -3.82. The van der Waals surface area contributed by atoms with Crippen LogP contribution in [0, 0.1) is 5.92 Å². The third-order valence-corrected chi connectivity index (χ3v) is 5.85. The van der Waals surface area contributed by atoms with E-state index in [0.717, 1.165) is 12.8 Å². The van der Waals surface area contributed by atoms with Gasteiger partial charge in [-0.1, -0.05) is 26.0 Å². The lowest BCUT2D eigenvalue weighted by Crippen LogP contribution is -2.21. The maximum absolute atomic E-state index is 12.6. The summed E-state index contributed by atoms with van der Waals surface area (Å²) in [6, 6.07) is 13.2. The van der Waals surface area contributed by atoms with Crippen molar-refractivity contribution < 1.29 is 13.2 Å². The normalized spacial score (nSPS) is 11.5. The predicted molar refractivity (Wildman–Crippen MR) is 109 cm³/mol. The fraction of sp³-hybridized carbons (Fsp3) is 0.250. The maximum Gasteiger partial charge on any atom is 0.263 e. The largest absolute Gasteiger partial charge is 0.326 e. The highest BCUT2D eigenvalue weighted by molar-refractivity contribution is 7.92. The number of hydrogen-bond acceptors (Lipinski definition) is 5. The molecule has 28 heavy (non-hydrogen) atoms. The quantitative estimate of drug-likeness (QED) is 0.630. The molecule has 0 bridgehead atoms. The third kappa shape index (κ3) is 4.45. The van der Waals surface area contributed by atoms with E-state index in [9.17, 15) is 13.2 Å². The van der Waals surface area contributed by atoms with Gasteiger partial charge < -0.3 is 5.32 Å². The lowest BCUT2D eigenvalue weighted by molar-refractivity contribution is -0.120. The predicted octanol–water partition coefficient (Wildman–Crippen LogP) is 3.81. The molecule has 3 aromatic rings. The van der Waals surface area contributed by atoms with Crippen LogP contribution in [0.1, 0.15) is 26.7 Å². The van der Waals surface area contributed by atoms with E-state index in [1.165, 1.54) is 18.3 Å². The van der Waals surface area contributed by atoms with Crippen LogP contribution in [0.5, 0.6) is 0 Å². The van der Waals surface area contributed by atoms with Crippen molar-refractivity contribution >= 4 is 38.5 Å². The van der Waals surface area contributed by atoms with Crippen LogP contribution in [-0.4, -0.2) is 24.3 Å². The van der Waals surface area contributed by atoms with Crippen molar-refractivity contribution in [2.75, 3.05) is 10.0 Å². The second kappa shape index (κ2) is 8.35. The van der Waals surface area contributed by atoms with Crippen LogP contribution in [0.4, 0.5) is 11.5 Å².